The summed E-state index contributed by atoms with van der Waals surface area (Å²) in [7, 11) is 0. The van der Waals surface area contributed by atoms with E-state index < -0.39 is 0 Å². The van der Waals surface area contributed by atoms with Crippen LogP contribution in [0.5, 0.6) is 0 Å². The van der Waals surface area contributed by atoms with Gasteiger partial charge in [0.15, 0.2) is 0 Å². The molecule has 58 heavy (non-hydrogen) atoms. The van der Waals surface area contributed by atoms with Crippen LogP contribution in [0.1, 0.15) is 0 Å². The van der Waals surface area contributed by atoms with Gasteiger partial charge < -0.3 is 0 Å². The van der Waals surface area contributed by atoms with Crippen LogP contribution in [0.2, 0.25) is 0 Å². The molecule has 0 saturated carbocycles. The molecule has 0 aliphatic rings. The van der Waals surface area contributed by atoms with E-state index in [1.807, 2.05) is 22.7 Å². The number of hydrogen-bond acceptors (Lipinski definition) is 2. The molecule has 0 unspecified atom stereocenters. The molecule has 0 bridgehead atoms. The van der Waals surface area contributed by atoms with E-state index in [4.69, 9.17) is 0 Å². The zero-order chi connectivity index (χ0) is 37.9. The molecule has 11 aromatic carbocycles. The second-order valence-electron chi connectivity index (χ2n) is 15.6. The Morgan fingerprint density at radius 2 is 0.690 bits per heavy atom. The predicted molar refractivity (Wildman–Crippen MR) is 256 cm³/mol. The molecule has 0 fully saturated rings. The summed E-state index contributed by atoms with van der Waals surface area (Å²) in [6.45, 7) is 0. The number of rotatable bonds is 3. The van der Waals surface area contributed by atoms with Crippen LogP contribution in [0.3, 0.4) is 0 Å². The first-order valence-electron chi connectivity index (χ1n) is 19.9. The summed E-state index contributed by atoms with van der Waals surface area (Å²) >= 11 is 3.81. The van der Waals surface area contributed by atoms with Crippen molar-refractivity contribution in [3.8, 4) is 33.4 Å². The van der Waals surface area contributed by atoms with Crippen molar-refractivity contribution in [1.82, 2.24) is 0 Å². The molecule has 268 valence electrons. The molecule has 13 aromatic rings. The SMILES string of the molecule is c1ccc2c(-c3c4ccccc4c(-c4ccc5cc(-c6ccc7cc8sc9cc%10c(cc9c8cc7c6)sc6ccccc6%10)ccc5c4)c4ccccc34)cccc2c1. The van der Waals surface area contributed by atoms with E-state index in [1.165, 1.54) is 128 Å². The molecule has 13 rings (SSSR count). The van der Waals surface area contributed by atoms with Crippen molar-refractivity contribution in [1.29, 1.82) is 0 Å². The standard InChI is InChI=1S/C56H32S2/c1-2-12-41-33(10-1)11-9-18-43(41)56-46-16-5-3-14-44(46)55(45-15-4-6-17-47(45)56)39-25-24-35-26-34(20-21-36(35)27-39)37-22-23-38-30-52-48(29-40(38)28-37)50-32-53-49(31-54(50)58-52)42-13-7-8-19-51(42)57-53/h1-32H. The Morgan fingerprint density at radius 3 is 1.40 bits per heavy atom. The molecule has 2 aromatic heterocycles. The van der Waals surface area contributed by atoms with Crippen molar-refractivity contribution < 1.29 is 0 Å². The molecule has 0 amide bonds. The van der Waals surface area contributed by atoms with Gasteiger partial charge in [0.25, 0.3) is 0 Å². The summed E-state index contributed by atoms with van der Waals surface area (Å²) in [5.74, 6) is 0. The van der Waals surface area contributed by atoms with Gasteiger partial charge in [-0.15, -0.1) is 22.7 Å². The summed E-state index contributed by atoms with van der Waals surface area (Å²) in [6.07, 6.45) is 0. The monoisotopic (exact) mass is 768 g/mol. The van der Waals surface area contributed by atoms with Crippen LogP contribution in [0.4, 0.5) is 0 Å². The van der Waals surface area contributed by atoms with Gasteiger partial charge in [0.1, 0.15) is 0 Å². The quantitative estimate of drug-likeness (QED) is 0.157. The Balaban J connectivity index is 0.925. The lowest BCUT2D eigenvalue weighted by molar-refractivity contribution is 1.67. The third-order valence-corrected chi connectivity index (χ3v) is 14.6. The highest BCUT2D eigenvalue weighted by Gasteiger charge is 2.18. The fourth-order valence-corrected chi connectivity index (χ4v) is 12.0. The zero-order valence-corrected chi connectivity index (χ0v) is 32.9. The van der Waals surface area contributed by atoms with Crippen LogP contribution in [0, 0.1) is 0 Å². The van der Waals surface area contributed by atoms with Crippen LogP contribution >= 0.6 is 22.7 Å². The summed E-state index contributed by atoms with van der Waals surface area (Å²) in [5, 5.41) is 18.1. The number of fused-ring (bicyclic) bond motifs is 11. The van der Waals surface area contributed by atoms with Crippen LogP contribution in [-0.4, -0.2) is 0 Å². The average molecular weight is 769 g/mol. The first kappa shape index (κ1) is 32.3. The number of benzene rings is 11. The Bertz CT molecular complexity index is 3800. The maximum absolute atomic E-state index is 2.42. The topological polar surface area (TPSA) is 0 Å². The van der Waals surface area contributed by atoms with Crippen LogP contribution in [0.15, 0.2) is 194 Å². The minimum atomic E-state index is 1.24. The van der Waals surface area contributed by atoms with Crippen LogP contribution in [-0.2, 0) is 0 Å². The number of hydrogen-bond donors (Lipinski definition) is 0. The molecule has 0 radical (unpaired) electrons. The van der Waals surface area contributed by atoms with Gasteiger partial charge in [0.2, 0.25) is 0 Å². The van der Waals surface area contributed by atoms with E-state index in [0.717, 1.165) is 0 Å². The first-order chi connectivity index (χ1) is 28.7. The lowest BCUT2D eigenvalue weighted by Crippen LogP contribution is -1.91. The third-order valence-electron chi connectivity index (χ3n) is 12.4. The first-order valence-corrected chi connectivity index (χ1v) is 21.5. The lowest BCUT2D eigenvalue weighted by Gasteiger charge is -2.19. The third kappa shape index (κ3) is 4.80. The number of thiophene rings is 2. The molecule has 0 N–H and O–H groups in total. The summed E-state index contributed by atoms with van der Waals surface area (Å²) in [6, 6.07) is 72.7. The minimum Gasteiger partial charge on any atom is -0.135 e. The minimum absolute atomic E-state index is 1.24. The maximum atomic E-state index is 2.42. The molecule has 0 nitrogen and oxygen atoms in total. The molecular weight excluding hydrogens is 737 g/mol. The average Bonchev–Trinajstić information content (AvgIpc) is 3.82. The fourth-order valence-electron chi connectivity index (χ4n) is 9.67. The van der Waals surface area contributed by atoms with Gasteiger partial charge in [-0.2, -0.15) is 0 Å². The molecule has 0 saturated heterocycles. The second kappa shape index (κ2) is 12.3. The van der Waals surface area contributed by atoms with Crippen molar-refractivity contribution in [3.05, 3.63) is 194 Å². The molecule has 2 heteroatoms. The lowest BCUT2D eigenvalue weighted by atomic mass is 9.84. The molecule has 0 aliphatic carbocycles. The normalized spacial score (nSPS) is 12.1. The zero-order valence-electron chi connectivity index (χ0n) is 31.3. The largest absolute Gasteiger partial charge is 0.135 e. The highest BCUT2D eigenvalue weighted by atomic mass is 32.1. The van der Waals surface area contributed by atoms with E-state index >= 15 is 0 Å². The Hall–Kier alpha value is -6.84. The predicted octanol–water partition coefficient (Wildman–Crippen LogP) is 17.2. The van der Waals surface area contributed by atoms with Gasteiger partial charge in [0.05, 0.1) is 0 Å². The van der Waals surface area contributed by atoms with E-state index in [0.29, 0.717) is 0 Å². The summed E-state index contributed by atoms with van der Waals surface area (Å²) in [4.78, 5) is 0. The van der Waals surface area contributed by atoms with Crippen LogP contribution in [0.25, 0.3) is 128 Å². The summed E-state index contributed by atoms with van der Waals surface area (Å²) in [5.41, 5.74) is 7.58. The Labute approximate surface area is 342 Å². The van der Waals surface area contributed by atoms with Crippen molar-refractivity contribution in [2.75, 3.05) is 0 Å². The fraction of sp³-hybridized carbons (Fsp3) is 0. The van der Waals surface area contributed by atoms with Gasteiger partial charge in [-0.05, 0) is 136 Å². The maximum Gasteiger partial charge on any atom is 0.0362 e. The Kier molecular flexibility index (Phi) is 6.86. The second-order valence-corrected chi connectivity index (χ2v) is 17.8. The van der Waals surface area contributed by atoms with Crippen molar-refractivity contribution >= 4 is 117 Å². The van der Waals surface area contributed by atoms with E-state index in [9.17, 15) is 0 Å². The van der Waals surface area contributed by atoms with Crippen LogP contribution < -0.4 is 0 Å². The molecule has 0 atom stereocenters. The molecule has 2 heterocycles. The van der Waals surface area contributed by atoms with Gasteiger partial charge in [-0.25, -0.2) is 0 Å². The molecular formula is C56H32S2. The van der Waals surface area contributed by atoms with Gasteiger partial charge in [-0.1, -0.05) is 146 Å². The van der Waals surface area contributed by atoms with E-state index in [-0.39, 0.29) is 0 Å². The van der Waals surface area contributed by atoms with Crippen molar-refractivity contribution in [2.24, 2.45) is 0 Å². The Morgan fingerprint density at radius 1 is 0.224 bits per heavy atom. The molecule has 0 aliphatic heterocycles. The van der Waals surface area contributed by atoms with Crippen molar-refractivity contribution in [2.45, 2.75) is 0 Å². The van der Waals surface area contributed by atoms with E-state index in [2.05, 4.69) is 194 Å². The van der Waals surface area contributed by atoms with Crippen molar-refractivity contribution in [3.63, 3.8) is 0 Å². The van der Waals surface area contributed by atoms with Gasteiger partial charge in [-0.3, -0.25) is 0 Å². The highest BCUT2D eigenvalue weighted by molar-refractivity contribution is 7.27. The smallest absolute Gasteiger partial charge is 0.0362 e. The summed E-state index contributed by atoms with van der Waals surface area (Å²) < 4.78 is 5.43. The highest BCUT2D eigenvalue weighted by Crippen LogP contribution is 2.47. The molecule has 0 spiro atoms. The van der Waals surface area contributed by atoms with Gasteiger partial charge >= 0.3 is 0 Å². The van der Waals surface area contributed by atoms with Gasteiger partial charge in [0, 0.05) is 40.3 Å². The van der Waals surface area contributed by atoms with E-state index in [1.54, 1.807) is 0 Å².